The van der Waals surface area contributed by atoms with Gasteiger partial charge in [0.05, 0.1) is 6.10 Å². The summed E-state index contributed by atoms with van der Waals surface area (Å²) in [6.07, 6.45) is 2.46. The van der Waals surface area contributed by atoms with E-state index in [2.05, 4.69) is 35.5 Å². The van der Waals surface area contributed by atoms with E-state index in [0.717, 1.165) is 37.0 Å². The molecule has 0 aromatic heterocycles. The van der Waals surface area contributed by atoms with Gasteiger partial charge in [0.25, 0.3) is 0 Å². The minimum Gasteiger partial charge on any atom is -0.377 e. The second-order valence-corrected chi connectivity index (χ2v) is 7.50. The third kappa shape index (κ3) is 3.33. The van der Waals surface area contributed by atoms with Gasteiger partial charge in [-0.2, -0.15) is 0 Å². The molecule has 3 unspecified atom stereocenters. The number of halogens is 1. The van der Waals surface area contributed by atoms with E-state index in [1.165, 1.54) is 5.56 Å². The molecule has 3 atom stereocenters. The van der Waals surface area contributed by atoms with Crippen LogP contribution in [-0.4, -0.2) is 38.3 Å². The summed E-state index contributed by atoms with van der Waals surface area (Å²) < 4.78 is 5.85. The Balaban J connectivity index is 1.51. The Morgan fingerprint density at radius 3 is 3.00 bits per heavy atom. The Hall–Kier alpha value is -1.26. The number of hydrogen-bond acceptors (Lipinski definition) is 2. The number of benzene rings is 1. The fraction of sp³-hybridized carbons (Fsp3) is 0.611. The van der Waals surface area contributed by atoms with Gasteiger partial charge in [-0.15, -0.1) is 0 Å². The van der Waals surface area contributed by atoms with E-state index < -0.39 is 0 Å². The Labute approximate surface area is 143 Å². The molecule has 5 heteroatoms. The van der Waals surface area contributed by atoms with Crippen molar-refractivity contribution in [2.75, 3.05) is 20.2 Å². The highest BCUT2D eigenvalue weighted by atomic mass is 35.5. The van der Waals surface area contributed by atoms with Crippen LogP contribution in [0.2, 0.25) is 5.02 Å². The normalized spacial score (nSPS) is 28.9. The number of ether oxygens (including phenoxy) is 1. The van der Waals surface area contributed by atoms with Crippen molar-refractivity contribution in [2.45, 2.75) is 38.8 Å². The van der Waals surface area contributed by atoms with Crippen molar-refractivity contribution >= 4 is 17.6 Å². The molecule has 1 aliphatic carbocycles. The highest BCUT2D eigenvalue weighted by Gasteiger charge is 2.59. The highest BCUT2D eigenvalue weighted by molar-refractivity contribution is 6.30. The van der Waals surface area contributed by atoms with Crippen LogP contribution in [0, 0.1) is 11.3 Å². The molecule has 1 saturated carbocycles. The number of rotatable bonds is 4. The lowest BCUT2D eigenvalue weighted by Gasteiger charge is -2.54. The van der Waals surface area contributed by atoms with E-state index in [4.69, 9.17) is 16.3 Å². The summed E-state index contributed by atoms with van der Waals surface area (Å²) in [4.78, 5) is 4.37. The van der Waals surface area contributed by atoms with Gasteiger partial charge in [-0.25, -0.2) is 0 Å². The van der Waals surface area contributed by atoms with Gasteiger partial charge in [-0.05, 0) is 30.5 Å². The van der Waals surface area contributed by atoms with Gasteiger partial charge in [0, 0.05) is 42.6 Å². The van der Waals surface area contributed by atoms with Crippen molar-refractivity contribution in [1.29, 1.82) is 0 Å². The van der Waals surface area contributed by atoms with Crippen molar-refractivity contribution in [3.8, 4) is 0 Å². The van der Waals surface area contributed by atoms with Crippen LogP contribution < -0.4 is 10.6 Å². The van der Waals surface area contributed by atoms with Crippen molar-refractivity contribution in [2.24, 2.45) is 16.3 Å². The van der Waals surface area contributed by atoms with Crippen molar-refractivity contribution in [3.63, 3.8) is 0 Å². The van der Waals surface area contributed by atoms with Crippen LogP contribution in [0.25, 0.3) is 0 Å². The maximum Gasteiger partial charge on any atom is 0.191 e. The van der Waals surface area contributed by atoms with Crippen LogP contribution in [0.5, 0.6) is 0 Å². The molecule has 4 nitrogen and oxygen atoms in total. The average Bonchev–Trinajstić information content (AvgIpc) is 2.97. The number of nitrogens with zero attached hydrogens (tertiary/aromatic N) is 1. The van der Waals surface area contributed by atoms with Crippen LogP contribution in [0.1, 0.15) is 25.8 Å². The first-order valence-corrected chi connectivity index (χ1v) is 8.73. The molecule has 0 bridgehead atoms. The zero-order valence-electron chi connectivity index (χ0n) is 14.1. The van der Waals surface area contributed by atoms with E-state index in [-0.39, 0.29) is 5.41 Å². The maximum atomic E-state index is 6.02. The van der Waals surface area contributed by atoms with Gasteiger partial charge in [0.2, 0.25) is 0 Å². The molecule has 2 N–H and O–H groups in total. The molecule has 1 heterocycles. The van der Waals surface area contributed by atoms with Crippen molar-refractivity contribution < 1.29 is 4.74 Å². The van der Waals surface area contributed by atoms with Gasteiger partial charge in [0.1, 0.15) is 0 Å². The minimum absolute atomic E-state index is 0.158. The Morgan fingerprint density at radius 2 is 2.26 bits per heavy atom. The number of nitrogens with one attached hydrogen (secondary N) is 2. The first-order valence-electron chi connectivity index (χ1n) is 8.35. The zero-order valence-corrected chi connectivity index (χ0v) is 14.9. The Bertz CT molecular complexity index is 587. The molecule has 1 aromatic rings. The largest absolute Gasteiger partial charge is 0.377 e. The topological polar surface area (TPSA) is 45.7 Å². The molecule has 1 aliphatic heterocycles. The van der Waals surface area contributed by atoms with Crippen LogP contribution >= 0.6 is 11.6 Å². The first kappa shape index (κ1) is 16.6. The summed E-state index contributed by atoms with van der Waals surface area (Å²) in [7, 11) is 1.82. The molecule has 126 valence electrons. The third-order valence-corrected chi connectivity index (χ3v) is 5.45. The summed E-state index contributed by atoms with van der Waals surface area (Å²) in [5, 5.41) is 7.79. The van der Waals surface area contributed by atoms with E-state index in [0.29, 0.717) is 18.1 Å². The van der Waals surface area contributed by atoms with E-state index in [1.807, 2.05) is 25.2 Å². The van der Waals surface area contributed by atoms with Crippen LogP contribution in [-0.2, 0) is 11.2 Å². The molecule has 0 amide bonds. The number of fused-ring (bicyclic) bond motifs is 1. The average molecular weight is 336 g/mol. The van der Waals surface area contributed by atoms with Crippen molar-refractivity contribution in [1.82, 2.24) is 10.6 Å². The molecule has 3 rings (SSSR count). The van der Waals surface area contributed by atoms with Gasteiger partial charge in [-0.3, -0.25) is 4.99 Å². The Kier molecular flexibility index (Phi) is 4.83. The lowest BCUT2D eigenvalue weighted by molar-refractivity contribution is -0.106. The summed E-state index contributed by atoms with van der Waals surface area (Å²) in [6.45, 7) is 6.27. The first-order chi connectivity index (χ1) is 11.0. The maximum absolute atomic E-state index is 6.02. The molecule has 0 spiro atoms. The van der Waals surface area contributed by atoms with Crippen LogP contribution in [0.3, 0.4) is 0 Å². The van der Waals surface area contributed by atoms with E-state index in [9.17, 15) is 0 Å². The summed E-state index contributed by atoms with van der Waals surface area (Å²) in [5.41, 5.74) is 1.39. The second-order valence-electron chi connectivity index (χ2n) is 7.07. The van der Waals surface area contributed by atoms with Gasteiger partial charge >= 0.3 is 0 Å². The predicted octanol–water partition coefficient (Wildman–Crippen LogP) is 2.86. The monoisotopic (exact) mass is 335 g/mol. The summed E-state index contributed by atoms with van der Waals surface area (Å²) in [6, 6.07) is 8.42. The lowest BCUT2D eigenvalue weighted by Crippen LogP contribution is -2.68. The SMILES string of the molecule is CN=C(NCCc1cccc(Cl)c1)NC1C2CCOC2C1(C)C. The molecule has 2 aliphatic rings. The molecule has 23 heavy (non-hydrogen) atoms. The quantitative estimate of drug-likeness (QED) is 0.657. The highest BCUT2D eigenvalue weighted by Crippen LogP contribution is 2.52. The fourth-order valence-electron chi connectivity index (χ4n) is 3.98. The third-order valence-electron chi connectivity index (χ3n) is 5.21. The summed E-state index contributed by atoms with van der Waals surface area (Å²) in [5.74, 6) is 1.48. The molecule has 0 radical (unpaired) electrons. The second kappa shape index (κ2) is 6.70. The Morgan fingerprint density at radius 1 is 1.43 bits per heavy atom. The fourth-order valence-corrected chi connectivity index (χ4v) is 4.19. The van der Waals surface area contributed by atoms with Crippen LogP contribution in [0.15, 0.2) is 29.3 Å². The van der Waals surface area contributed by atoms with Gasteiger partial charge in [-0.1, -0.05) is 37.6 Å². The smallest absolute Gasteiger partial charge is 0.191 e. The molecule has 1 saturated heterocycles. The minimum atomic E-state index is 0.158. The predicted molar refractivity (Wildman–Crippen MR) is 95.1 cm³/mol. The van der Waals surface area contributed by atoms with Gasteiger partial charge in [0.15, 0.2) is 5.96 Å². The molecule has 2 fully saturated rings. The zero-order chi connectivity index (χ0) is 16.4. The molecular formula is C18H26ClN3O. The lowest BCUT2D eigenvalue weighted by atomic mass is 9.57. The van der Waals surface area contributed by atoms with E-state index in [1.54, 1.807) is 0 Å². The number of hydrogen-bond donors (Lipinski definition) is 2. The van der Waals surface area contributed by atoms with Crippen LogP contribution in [0.4, 0.5) is 0 Å². The van der Waals surface area contributed by atoms with Crippen molar-refractivity contribution in [3.05, 3.63) is 34.9 Å². The number of guanidine groups is 1. The summed E-state index contributed by atoms with van der Waals surface area (Å²) >= 11 is 6.02. The molecule has 1 aromatic carbocycles. The number of aliphatic imine (C=N–C) groups is 1. The standard InChI is InChI=1S/C18H26ClN3O/c1-18(2)15(14-8-10-23-16(14)18)22-17(20-3)21-9-7-12-5-4-6-13(19)11-12/h4-6,11,14-16H,7-10H2,1-3H3,(H2,20,21,22). The molecular weight excluding hydrogens is 310 g/mol. The van der Waals surface area contributed by atoms with E-state index >= 15 is 0 Å². The van der Waals surface area contributed by atoms with Gasteiger partial charge < -0.3 is 15.4 Å².